The second kappa shape index (κ2) is 6.33. The Bertz CT molecular complexity index is 734. The molecule has 0 bridgehead atoms. The fourth-order valence-electron chi connectivity index (χ4n) is 1.56. The number of carbonyl (C=O) groups is 1. The number of hydrogen-bond acceptors (Lipinski definition) is 4. The van der Waals surface area contributed by atoms with Gasteiger partial charge in [0.15, 0.2) is 0 Å². The average molecular weight is 307 g/mol. The summed E-state index contributed by atoms with van der Waals surface area (Å²) in [6, 6.07) is 5.90. The van der Waals surface area contributed by atoms with Gasteiger partial charge in [0.2, 0.25) is 10.0 Å². The molecule has 8 heteroatoms. The second-order valence-corrected chi connectivity index (χ2v) is 5.94. The van der Waals surface area contributed by atoms with Crippen molar-refractivity contribution in [2.24, 2.45) is 0 Å². The number of carboxylic acid groups (broad SMARTS) is 1. The van der Waals surface area contributed by atoms with Gasteiger partial charge in [0.1, 0.15) is 0 Å². The molecule has 110 valence electrons. The number of hydrogen-bond donors (Lipinski definition) is 3. The monoisotopic (exact) mass is 307 g/mol. The van der Waals surface area contributed by atoms with Crippen LogP contribution in [-0.4, -0.2) is 29.7 Å². The van der Waals surface area contributed by atoms with Crippen molar-refractivity contribution in [3.8, 4) is 0 Å². The van der Waals surface area contributed by atoms with Gasteiger partial charge in [0.25, 0.3) is 0 Å². The summed E-state index contributed by atoms with van der Waals surface area (Å²) in [4.78, 5) is 10.5. The van der Waals surface area contributed by atoms with Crippen LogP contribution in [0.4, 0.5) is 0 Å². The van der Waals surface area contributed by atoms with E-state index in [1.54, 1.807) is 6.20 Å². The molecule has 0 saturated carbocycles. The number of benzene rings is 1. The van der Waals surface area contributed by atoms with E-state index in [4.69, 9.17) is 5.11 Å². The Labute approximate surface area is 121 Å². The van der Waals surface area contributed by atoms with Crippen molar-refractivity contribution >= 4 is 22.1 Å². The number of rotatable bonds is 6. The van der Waals surface area contributed by atoms with Crippen LogP contribution in [0, 0.1) is 0 Å². The Morgan fingerprint density at radius 3 is 2.62 bits per heavy atom. The van der Waals surface area contributed by atoms with Gasteiger partial charge in [-0.3, -0.25) is 5.10 Å². The third kappa shape index (κ3) is 4.26. The van der Waals surface area contributed by atoms with Gasteiger partial charge >= 0.3 is 5.97 Å². The van der Waals surface area contributed by atoms with E-state index in [1.807, 2.05) is 0 Å². The number of aromatic amines is 1. The van der Waals surface area contributed by atoms with Crippen LogP contribution in [0.5, 0.6) is 0 Å². The van der Waals surface area contributed by atoms with E-state index < -0.39 is 16.0 Å². The first kappa shape index (κ1) is 14.9. The van der Waals surface area contributed by atoms with Gasteiger partial charge in [0.05, 0.1) is 11.1 Å². The minimum atomic E-state index is -3.62. The van der Waals surface area contributed by atoms with E-state index >= 15 is 0 Å². The van der Waals surface area contributed by atoms with Gasteiger partial charge in [-0.25, -0.2) is 17.9 Å². The maximum Gasteiger partial charge on any atom is 0.328 e. The van der Waals surface area contributed by atoms with Crippen molar-refractivity contribution in [2.45, 2.75) is 11.4 Å². The van der Waals surface area contributed by atoms with E-state index in [2.05, 4.69) is 14.9 Å². The zero-order valence-electron chi connectivity index (χ0n) is 10.9. The van der Waals surface area contributed by atoms with Crippen molar-refractivity contribution in [3.05, 3.63) is 53.9 Å². The molecule has 0 unspecified atom stereocenters. The number of H-pyrrole nitrogens is 1. The zero-order valence-corrected chi connectivity index (χ0v) is 11.7. The molecule has 0 aliphatic heterocycles. The summed E-state index contributed by atoms with van der Waals surface area (Å²) in [7, 11) is -3.62. The van der Waals surface area contributed by atoms with Crippen LogP contribution in [0.25, 0.3) is 6.08 Å². The third-order valence-electron chi connectivity index (χ3n) is 2.63. The summed E-state index contributed by atoms with van der Waals surface area (Å²) in [5.74, 6) is -1.06. The van der Waals surface area contributed by atoms with Gasteiger partial charge in [0, 0.05) is 24.4 Å². The topological polar surface area (TPSA) is 112 Å². The quantitative estimate of drug-likeness (QED) is 0.689. The predicted molar refractivity (Wildman–Crippen MR) is 75.7 cm³/mol. The fourth-order valence-corrected chi connectivity index (χ4v) is 2.58. The molecule has 0 radical (unpaired) electrons. The third-order valence-corrected chi connectivity index (χ3v) is 4.05. The van der Waals surface area contributed by atoms with Crippen molar-refractivity contribution in [1.29, 1.82) is 0 Å². The molecule has 0 amide bonds. The normalized spacial score (nSPS) is 11.8. The molecule has 1 heterocycles. The second-order valence-electron chi connectivity index (χ2n) is 4.17. The molecule has 2 aromatic rings. The van der Waals surface area contributed by atoms with Crippen LogP contribution in [0.1, 0.15) is 11.1 Å². The van der Waals surface area contributed by atoms with Crippen LogP contribution < -0.4 is 4.72 Å². The van der Waals surface area contributed by atoms with Crippen molar-refractivity contribution < 1.29 is 18.3 Å². The molecule has 0 aliphatic carbocycles. The molecule has 1 aromatic heterocycles. The fraction of sp³-hybridized carbons (Fsp3) is 0.0769. The summed E-state index contributed by atoms with van der Waals surface area (Å²) in [5, 5.41) is 14.8. The SMILES string of the molecule is O=C(O)/C=C/c1ccc(S(=O)(=O)NCc2cn[nH]c2)cc1. The van der Waals surface area contributed by atoms with E-state index in [0.29, 0.717) is 5.56 Å². The lowest BCUT2D eigenvalue weighted by atomic mass is 10.2. The van der Waals surface area contributed by atoms with Crippen LogP contribution in [0.15, 0.2) is 47.6 Å². The summed E-state index contributed by atoms with van der Waals surface area (Å²) in [5.41, 5.74) is 1.32. The molecule has 0 atom stereocenters. The first-order chi connectivity index (χ1) is 9.97. The van der Waals surface area contributed by atoms with E-state index in [-0.39, 0.29) is 11.4 Å². The first-order valence-corrected chi connectivity index (χ1v) is 7.44. The first-order valence-electron chi connectivity index (χ1n) is 5.96. The largest absolute Gasteiger partial charge is 0.478 e. The molecular weight excluding hydrogens is 294 g/mol. The van der Waals surface area contributed by atoms with Crippen molar-refractivity contribution in [3.63, 3.8) is 0 Å². The summed E-state index contributed by atoms with van der Waals surface area (Å²) in [6.45, 7) is 0.138. The van der Waals surface area contributed by atoms with Crippen LogP contribution in [0.3, 0.4) is 0 Å². The smallest absolute Gasteiger partial charge is 0.328 e. The van der Waals surface area contributed by atoms with Gasteiger partial charge in [-0.2, -0.15) is 5.10 Å². The molecule has 2 rings (SSSR count). The lowest BCUT2D eigenvalue weighted by Crippen LogP contribution is -2.22. The molecule has 1 aromatic carbocycles. The minimum Gasteiger partial charge on any atom is -0.478 e. The van der Waals surface area contributed by atoms with Gasteiger partial charge < -0.3 is 5.11 Å². The lowest BCUT2D eigenvalue weighted by Gasteiger charge is -2.05. The highest BCUT2D eigenvalue weighted by Crippen LogP contribution is 2.12. The molecule has 21 heavy (non-hydrogen) atoms. The molecule has 0 saturated heterocycles. The van der Waals surface area contributed by atoms with Crippen LogP contribution >= 0.6 is 0 Å². The van der Waals surface area contributed by atoms with Gasteiger partial charge in [-0.15, -0.1) is 0 Å². The summed E-state index contributed by atoms with van der Waals surface area (Å²) in [6.07, 6.45) is 5.50. The summed E-state index contributed by atoms with van der Waals surface area (Å²) >= 11 is 0. The molecule has 0 spiro atoms. The molecular formula is C13H13N3O4S. The standard InChI is InChI=1S/C13H13N3O4S/c17-13(18)6-3-10-1-4-12(5-2-10)21(19,20)16-9-11-7-14-15-8-11/h1-8,16H,9H2,(H,14,15)(H,17,18)/b6-3+. The molecule has 0 aliphatic rings. The Kier molecular flexibility index (Phi) is 4.51. The highest BCUT2D eigenvalue weighted by molar-refractivity contribution is 7.89. The van der Waals surface area contributed by atoms with E-state index in [1.165, 1.54) is 36.5 Å². The number of nitrogens with one attached hydrogen (secondary N) is 2. The van der Waals surface area contributed by atoms with Crippen molar-refractivity contribution in [1.82, 2.24) is 14.9 Å². The van der Waals surface area contributed by atoms with E-state index in [0.717, 1.165) is 11.6 Å². The van der Waals surface area contributed by atoms with Gasteiger partial charge in [-0.05, 0) is 23.8 Å². The zero-order chi connectivity index (χ0) is 15.3. The highest BCUT2D eigenvalue weighted by Gasteiger charge is 2.13. The Balaban J connectivity index is 2.08. The minimum absolute atomic E-state index is 0.110. The molecule has 0 fully saturated rings. The maximum absolute atomic E-state index is 12.1. The van der Waals surface area contributed by atoms with Crippen molar-refractivity contribution in [2.75, 3.05) is 0 Å². The number of aromatic nitrogens is 2. The lowest BCUT2D eigenvalue weighted by molar-refractivity contribution is -0.131. The van der Waals surface area contributed by atoms with E-state index in [9.17, 15) is 13.2 Å². The number of aliphatic carboxylic acids is 1. The predicted octanol–water partition coefficient (Wildman–Crippen LogP) is 0.986. The van der Waals surface area contributed by atoms with Crippen LogP contribution in [0.2, 0.25) is 0 Å². The molecule has 3 N–H and O–H groups in total. The number of nitrogens with zero attached hydrogens (tertiary/aromatic N) is 1. The highest BCUT2D eigenvalue weighted by atomic mass is 32.2. The van der Waals surface area contributed by atoms with Crippen LogP contribution in [-0.2, 0) is 21.4 Å². The average Bonchev–Trinajstić information content (AvgIpc) is 2.97. The Morgan fingerprint density at radius 1 is 1.33 bits per heavy atom. The maximum atomic E-state index is 12.1. The Morgan fingerprint density at radius 2 is 2.05 bits per heavy atom. The Hall–Kier alpha value is -2.45. The number of carboxylic acids is 1. The molecule has 7 nitrogen and oxygen atoms in total. The van der Waals surface area contributed by atoms with Gasteiger partial charge in [-0.1, -0.05) is 12.1 Å². The number of sulfonamides is 1. The summed E-state index contributed by atoms with van der Waals surface area (Å²) < 4.78 is 26.5.